The second kappa shape index (κ2) is 4.26. The number of aliphatic imine (C=N–C) groups is 1. The van der Waals surface area contributed by atoms with Crippen molar-refractivity contribution in [1.29, 1.82) is 0 Å². The molecule has 0 saturated carbocycles. The Hall–Kier alpha value is -1.64. The van der Waals surface area contributed by atoms with E-state index in [1.54, 1.807) is 0 Å². The van der Waals surface area contributed by atoms with Crippen LogP contribution in [-0.2, 0) is 11.2 Å². The van der Waals surface area contributed by atoms with Crippen molar-refractivity contribution in [3.05, 3.63) is 35.9 Å². The number of amidine groups is 1. The van der Waals surface area contributed by atoms with Gasteiger partial charge in [-0.25, -0.2) is 0 Å². The fourth-order valence-corrected chi connectivity index (χ4v) is 1.72. The van der Waals surface area contributed by atoms with Gasteiger partial charge in [-0.15, -0.1) is 0 Å². The Kier molecular flexibility index (Phi) is 2.81. The predicted octanol–water partition coefficient (Wildman–Crippen LogP) is 1.14. The molecule has 1 aliphatic rings. The first-order valence-electron chi connectivity index (χ1n) is 5.06. The molecule has 78 valence electrons. The lowest BCUT2D eigenvalue weighted by atomic mass is 10.1. The van der Waals surface area contributed by atoms with Crippen LogP contribution in [0.15, 0.2) is 35.3 Å². The Morgan fingerprint density at radius 2 is 2.20 bits per heavy atom. The first-order valence-corrected chi connectivity index (χ1v) is 5.06. The highest BCUT2D eigenvalue weighted by atomic mass is 16.1. The monoisotopic (exact) mass is 202 g/mol. The van der Waals surface area contributed by atoms with Crippen molar-refractivity contribution in [3.8, 4) is 0 Å². The smallest absolute Gasteiger partial charge is 0.144 e. The maximum atomic E-state index is 10.7. The predicted molar refractivity (Wildman–Crippen MR) is 60.1 cm³/mol. The van der Waals surface area contributed by atoms with Crippen LogP contribution in [0.4, 0.5) is 0 Å². The third-order valence-corrected chi connectivity index (χ3v) is 2.73. The molecule has 1 aromatic carbocycles. The number of carbonyl (C=O) groups is 1. The standard InChI is InChI=1S/C12H14N2O/c1-14-11(9-15)8-13-12(14)7-10-5-3-2-4-6-10/h2-6,9,11H,7-8H2,1H3. The third kappa shape index (κ3) is 2.06. The van der Waals surface area contributed by atoms with E-state index >= 15 is 0 Å². The fraction of sp³-hybridized carbons (Fsp3) is 0.333. The maximum Gasteiger partial charge on any atom is 0.144 e. The van der Waals surface area contributed by atoms with Gasteiger partial charge in [0.05, 0.1) is 6.54 Å². The summed E-state index contributed by atoms with van der Waals surface area (Å²) in [7, 11) is 1.92. The molecule has 0 saturated heterocycles. The van der Waals surface area contributed by atoms with Crippen molar-refractivity contribution in [2.24, 2.45) is 4.99 Å². The molecule has 0 aliphatic carbocycles. The van der Waals surface area contributed by atoms with E-state index in [0.29, 0.717) is 6.54 Å². The summed E-state index contributed by atoms with van der Waals surface area (Å²) in [5.74, 6) is 0.998. The van der Waals surface area contributed by atoms with Gasteiger partial charge in [0.1, 0.15) is 18.2 Å². The Labute approximate surface area is 89.4 Å². The Morgan fingerprint density at radius 3 is 2.80 bits per heavy atom. The van der Waals surface area contributed by atoms with Crippen molar-refractivity contribution in [3.63, 3.8) is 0 Å². The number of likely N-dealkylation sites (N-methyl/N-ethyl adjacent to an activating group) is 1. The molecule has 0 spiro atoms. The maximum absolute atomic E-state index is 10.7. The zero-order valence-electron chi connectivity index (χ0n) is 8.76. The molecule has 1 heterocycles. The van der Waals surface area contributed by atoms with E-state index in [1.807, 2.05) is 30.1 Å². The number of rotatable bonds is 3. The summed E-state index contributed by atoms with van der Waals surface area (Å²) in [4.78, 5) is 17.0. The van der Waals surface area contributed by atoms with Gasteiger partial charge in [0.15, 0.2) is 0 Å². The van der Waals surface area contributed by atoms with E-state index in [1.165, 1.54) is 5.56 Å². The van der Waals surface area contributed by atoms with Gasteiger partial charge in [-0.05, 0) is 5.56 Å². The first kappa shape index (κ1) is 9.90. The van der Waals surface area contributed by atoms with Gasteiger partial charge in [0.25, 0.3) is 0 Å². The highest BCUT2D eigenvalue weighted by molar-refractivity contribution is 5.89. The molecular weight excluding hydrogens is 188 g/mol. The normalized spacial score (nSPS) is 20.2. The van der Waals surface area contributed by atoms with Crippen molar-refractivity contribution in [2.75, 3.05) is 13.6 Å². The molecule has 15 heavy (non-hydrogen) atoms. The molecule has 1 aromatic rings. The number of carbonyl (C=O) groups excluding carboxylic acids is 1. The lowest BCUT2D eigenvalue weighted by Gasteiger charge is -2.18. The van der Waals surface area contributed by atoms with Gasteiger partial charge in [-0.3, -0.25) is 4.99 Å². The number of hydrogen-bond acceptors (Lipinski definition) is 3. The Bertz CT molecular complexity index is 372. The van der Waals surface area contributed by atoms with Gasteiger partial charge >= 0.3 is 0 Å². The Balaban J connectivity index is 2.05. The molecule has 0 N–H and O–H groups in total. The molecule has 0 radical (unpaired) electrons. The summed E-state index contributed by atoms with van der Waals surface area (Å²) in [6, 6.07) is 10.1. The molecule has 1 unspecified atom stereocenters. The molecule has 1 aliphatic heterocycles. The second-order valence-corrected chi connectivity index (χ2v) is 3.73. The van der Waals surface area contributed by atoms with Crippen LogP contribution in [0.25, 0.3) is 0 Å². The van der Waals surface area contributed by atoms with Gasteiger partial charge in [-0.1, -0.05) is 30.3 Å². The summed E-state index contributed by atoms with van der Waals surface area (Å²) >= 11 is 0. The van der Waals surface area contributed by atoms with Crippen LogP contribution >= 0.6 is 0 Å². The molecule has 1 atom stereocenters. The summed E-state index contributed by atoms with van der Waals surface area (Å²) < 4.78 is 0. The highest BCUT2D eigenvalue weighted by Crippen LogP contribution is 2.10. The summed E-state index contributed by atoms with van der Waals surface area (Å²) in [5, 5.41) is 0. The minimum atomic E-state index is -0.0660. The summed E-state index contributed by atoms with van der Waals surface area (Å²) in [6.07, 6.45) is 1.77. The number of nitrogens with zero attached hydrogens (tertiary/aromatic N) is 2. The fourth-order valence-electron chi connectivity index (χ4n) is 1.72. The number of aldehydes is 1. The van der Waals surface area contributed by atoms with Crippen LogP contribution in [-0.4, -0.2) is 36.7 Å². The van der Waals surface area contributed by atoms with Crippen molar-refractivity contribution in [1.82, 2.24) is 4.90 Å². The average molecular weight is 202 g/mol. The third-order valence-electron chi connectivity index (χ3n) is 2.73. The molecule has 0 aromatic heterocycles. The van der Waals surface area contributed by atoms with Gasteiger partial charge < -0.3 is 9.69 Å². The number of hydrogen-bond donors (Lipinski definition) is 0. The van der Waals surface area contributed by atoms with E-state index in [4.69, 9.17) is 0 Å². The minimum Gasteiger partial charge on any atom is -0.352 e. The molecule has 0 fully saturated rings. The summed E-state index contributed by atoms with van der Waals surface area (Å²) in [5.41, 5.74) is 1.23. The quantitative estimate of drug-likeness (QED) is 0.688. The molecule has 0 amide bonds. The molecule has 3 nitrogen and oxygen atoms in total. The molecule has 2 rings (SSSR count). The van der Waals surface area contributed by atoms with Gasteiger partial charge in [0.2, 0.25) is 0 Å². The highest BCUT2D eigenvalue weighted by Gasteiger charge is 2.23. The van der Waals surface area contributed by atoms with Crippen molar-refractivity contribution >= 4 is 12.1 Å². The Morgan fingerprint density at radius 1 is 1.47 bits per heavy atom. The molecule has 3 heteroatoms. The van der Waals surface area contributed by atoms with Crippen LogP contribution in [0.5, 0.6) is 0 Å². The zero-order valence-corrected chi connectivity index (χ0v) is 8.76. The topological polar surface area (TPSA) is 32.7 Å². The van der Waals surface area contributed by atoms with Crippen LogP contribution in [0.3, 0.4) is 0 Å². The second-order valence-electron chi connectivity index (χ2n) is 3.73. The summed E-state index contributed by atoms with van der Waals surface area (Å²) in [6.45, 7) is 0.599. The van der Waals surface area contributed by atoms with Crippen LogP contribution in [0.2, 0.25) is 0 Å². The van der Waals surface area contributed by atoms with Gasteiger partial charge in [0, 0.05) is 13.5 Å². The van der Waals surface area contributed by atoms with Crippen LogP contribution < -0.4 is 0 Å². The van der Waals surface area contributed by atoms with E-state index < -0.39 is 0 Å². The van der Waals surface area contributed by atoms with Crippen LogP contribution in [0.1, 0.15) is 5.56 Å². The lowest BCUT2D eigenvalue weighted by Crippen LogP contribution is -2.34. The van der Waals surface area contributed by atoms with E-state index in [-0.39, 0.29) is 6.04 Å². The van der Waals surface area contributed by atoms with Crippen LogP contribution in [0, 0.1) is 0 Å². The minimum absolute atomic E-state index is 0.0660. The average Bonchev–Trinajstić information content (AvgIpc) is 2.62. The van der Waals surface area contributed by atoms with E-state index in [9.17, 15) is 4.79 Å². The van der Waals surface area contributed by atoms with Gasteiger partial charge in [-0.2, -0.15) is 0 Å². The van der Waals surface area contributed by atoms with Crippen molar-refractivity contribution < 1.29 is 4.79 Å². The molecular formula is C12H14N2O. The molecule has 0 bridgehead atoms. The van der Waals surface area contributed by atoms with E-state index in [2.05, 4.69) is 17.1 Å². The lowest BCUT2D eigenvalue weighted by molar-refractivity contribution is -0.110. The largest absolute Gasteiger partial charge is 0.352 e. The van der Waals surface area contributed by atoms with Crippen molar-refractivity contribution in [2.45, 2.75) is 12.5 Å². The number of benzene rings is 1. The zero-order chi connectivity index (χ0) is 10.7. The SMILES string of the molecule is CN1C(Cc2ccccc2)=NCC1C=O. The first-order chi connectivity index (χ1) is 7.31. The van der Waals surface area contributed by atoms with E-state index in [0.717, 1.165) is 18.5 Å².